The van der Waals surface area contributed by atoms with Crippen molar-refractivity contribution in [2.75, 3.05) is 6.54 Å². The Hall–Kier alpha value is -0.426. The van der Waals surface area contributed by atoms with E-state index in [0.717, 1.165) is 13.0 Å². The summed E-state index contributed by atoms with van der Waals surface area (Å²) in [5.74, 6) is 0. The molecule has 0 aliphatic carbocycles. The van der Waals surface area contributed by atoms with Crippen LogP contribution in [0.2, 0.25) is 31.2 Å². The Morgan fingerprint density at radius 3 is 2.05 bits per heavy atom. The lowest BCUT2D eigenvalue weighted by Crippen LogP contribution is -2.58. The second-order valence-electron chi connectivity index (χ2n) is 8.10. The van der Waals surface area contributed by atoms with Gasteiger partial charge in [-0.25, -0.2) is 0 Å². The van der Waals surface area contributed by atoms with Crippen molar-refractivity contribution in [2.24, 2.45) is 0 Å². The molecular formula is C18H34NOSi2. The standard InChI is InChI=1S/C18H34NOSi2/c1-9-15-19(16-20-22(7,8)18(2,3)4)21(5,6)17-13-11-10-12-14-17/h10-14,16H,9,15H2,1-8H3. The van der Waals surface area contributed by atoms with Crippen LogP contribution in [0, 0.1) is 6.73 Å². The molecule has 1 aromatic carbocycles. The van der Waals surface area contributed by atoms with Gasteiger partial charge in [0.05, 0.1) is 0 Å². The summed E-state index contributed by atoms with van der Waals surface area (Å²) in [4.78, 5) is 0. The Kier molecular flexibility index (Phi) is 6.63. The number of benzene rings is 1. The van der Waals surface area contributed by atoms with Crippen molar-refractivity contribution in [3.8, 4) is 0 Å². The third-order valence-corrected chi connectivity index (χ3v) is 12.8. The van der Waals surface area contributed by atoms with Gasteiger partial charge in [-0.05, 0) is 36.3 Å². The molecule has 0 unspecified atom stereocenters. The fraction of sp³-hybridized carbons (Fsp3) is 0.611. The third-order valence-electron chi connectivity index (χ3n) is 4.94. The molecule has 1 rings (SSSR count). The van der Waals surface area contributed by atoms with E-state index in [4.69, 9.17) is 4.43 Å². The molecule has 0 amide bonds. The minimum Gasteiger partial charge on any atom is -0.398 e. The van der Waals surface area contributed by atoms with Crippen LogP contribution >= 0.6 is 0 Å². The van der Waals surface area contributed by atoms with E-state index < -0.39 is 16.6 Å². The lowest BCUT2D eigenvalue weighted by Gasteiger charge is -2.41. The topological polar surface area (TPSA) is 12.5 Å². The first-order valence-electron chi connectivity index (χ1n) is 8.36. The van der Waals surface area contributed by atoms with Gasteiger partial charge in [0, 0.05) is 0 Å². The fourth-order valence-electron chi connectivity index (χ4n) is 2.09. The van der Waals surface area contributed by atoms with Gasteiger partial charge in [-0.15, -0.1) is 0 Å². The largest absolute Gasteiger partial charge is 0.398 e. The van der Waals surface area contributed by atoms with Crippen LogP contribution in [0.5, 0.6) is 0 Å². The maximum atomic E-state index is 6.39. The number of hydrogen-bond acceptors (Lipinski definition) is 2. The Balaban J connectivity index is 2.90. The highest BCUT2D eigenvalue weighted by molar-refractivity contribution is 6.87. The maximum Gasteiger partial charge on any atom is 0.194 e. The highest BCUT2D eigenvalue weighted by Crippen LogP contribution is 2.37. The molecular weight excluding hydrogens is 302 g/mol. The molecule has 2 nitrogen and oxygen atoms in total. The molecule has 0 spiro atoms. The third kappa shape index (κ3) is 4.78. The Bertz CT molecular complexity index is 452. The zero-order valence-corrected chi connectivity index (χ0v) is 17.7. The zero-order chi connectivity index (χ0) is 17.0. The van der Waals surface area contributed by atoms with Crippen LogP contribution in [-0.4, -0.2) is 27.7 Å². The molecule has 4 heteroatoms. The number of rotatable bonds is 7. The molecule has 0 atom stereocenters. The highest BCUT2D eigenvalue weighted by Gasteiger charge is 2.39. The van der Waals surface area contributed by atoms with Crippen LogP contribution in [0.4, 0.5) is 0 Å². The predicted molar refractivity (Wildman–Crippen MR) is 103 cm³/mol. The monoisotopic (exact) mass is 336 g/mol. The van der Waals surface area contributed by atoms with E-state index in [2.05, 4.69) is 95.5 Å². The van der Waals surface area contributed by atoms with E-state index in [1.165, 1.54) is 5.19 Å². The van der Waals surface area contributed by atoms with E-state index in [9.17, 15) is 0 Å². The molecule has 1 radical (unpaired) electrons. The molecule has 0 aliphatic rings. The van der Waals surface area contributed by atoms with E-state index in [1.807, 2.05) is 0 Å². The molecule has 0 saturated carbocycles. The van der Waals surface area contributed by atoms with Gasteiger partial charge in [0.15, 0.2) is 16.6 Å². The van der Waals surface area contributed by atoms with Crippen LogP contribution in [0.15, 0.2) is 30.3 Å². The average Bonchev–Trinajstić information content (AvgIpc) is 2.43. The van der Waals surface area contributed by atoms with E-state index in [-0.39, 0.29) is 5.04 Å². The van der Waals surface area contributed by atoms with E-state index >= 15 is 0 Å². The smallest absolute Gasteiger partial charge is 0.194 e. The summed E-state index contributed by atoms with van der Waals surface area (Å²) in [7, 11) is -3.47. The van der Waals surface area contributed by atoms with Crippen LogP contribution in [0.3, 0.4) is 0 Å². The zero-order valence-electron chi connectivity index (χ0n) is 15.7. The van der Waals surface area contributed by atoms with Gasteiger partial charge < -0.3 is 4.43 Å². The van der Waals surface area contributed by atoms with E-state index in [0.29, 0.717) is 0 Å². The first kappa shape index (κ1) is 19.6. The van der Waals surface area contributed by atoms with Crippen LogP contribution in [-0.2, 0) is 4.43 Å². The molecule has 1 aromatic rings. The summed E-state index contributed by atoms with van der Waals surface area (Å²) in [6, 6.07) is 10.9. The minimum atomic E-state index is -1.75. The predicted octanol–water partition coefficient (Wildman–Crippen LogP) is 4.95. The van der Waals surface area contributed by atoms with Crippen molar-refractivity contribution in [3.63, 3.8) is 0 Å². The van der Waals surface area contributed by atoms with Crippen molar-refractivity contribution >= 4 is 21.7 Å². The molecule has 0 heterocycles. The number of hydrogen-bond donors (Lipinski definition) is 0. The molecule has 0 bridgehead atoms. The highest BCUT2D eigenvalue weighted by atomic mass is 28.4. The summed E-state index contributed by atoms with van der Waals surface area (Å²) in [5, 5.41) is 1.69. The van der Waals surface area contributed by atoms with Gasteiger partial charge in [-0.1, -0.05) is 71.1 Å². The maximum absolute atomic E-state index is 6.39. The molecule has 0 aliphatic heterocycles. The van der Waals surface area contributed by atoms with Crippen molar-refractivity contribution in [3.05, 3.63) is 37.1 Å². The van der Waals surface area contributed by atoms with Crippen LogP contribution < -0.4 is 5.19 Å². The average molecular weight is 337 g/mol. The van der Waals surface area contributed by atoms with Crippen molar-refractivity contribution in [1.82, 2.24) is 4.57 Å². The van der Waals surface area contributed by atoms with Gasteiger partial charge in [-0.2, -0.15) is 0 Å². The summed E-state index contributed by atoms with van der Waals surface area (Å²) in [6.07, 6.45) is 1.14. The Labute approximate surface area is 140 Å². The lowest BCUT2D eigenvalue weighted by atomic mass is 10.2. The second kappa shape index (κ2) is 7.43. The van der Waals surface area contributed by atoms with Crippen molar-refractivity contribution < 1.29 is 4.43 Å². The van der Waals surface area contributed by atoms with Gasteiger partial charge in [0.25, 0.3) is 0 Å². The minimum absolute atomic E-state index is 0.236. The van der Waals surface area contributed by atoms with Crippen molar-refractivity contribution in [1.29, 1.82) is 0 Å². The molecule has 125 valence electrons. The summed E-state index contributed by atoms with van der Waals surface area (Å²) in [6.45, 7) is 21.7. The molecule has 22 heavy (non-hydrogen) atoms. The van der Waals surface area contributed by atoms with Gasteiger partial charge >= 0.3 is 0 Å². The van der Waals surface area contributed by atoms with E-state index in [1.54, 1.807) is 0 Å². The molecule has 0 saturated heterocycles. The number of nitrogens with zero attached hydrogens (tertiary/aromatic N) is 1. The first-order chi connectivity index (χ1) is 10.0. The summed E-state index contributed by atoms with van der Waals surface area (Å²) < 4.78 is 8.88. The van der Waals surface area contributed by atoms with Crippen LogP contribution in [0.25, 0.3) is 0 Å². The van der Waals surface area contributed by atoms with Crippen molar-refractivity contribution in [2.45, 2.75) is 65.3 Å². The lowest BCUT2D eigenvalue weighted by molar-refractivity contribution is 0.260. The molecule has 0 aromatic heterocycles. The first-order valence-corrected chi connectivity index (χ1v) is 14.2. The summed E-state index contributed by atoms with van der Waals surface area (Å²) in [5.41, 5.74) is 0. The van der Waals surface area contributed by atoms with Gasteiger partial charge in [-0.3, -0.25) is 4.57 Å². The fourth-order valence-corrected chi connectivity index (χ4v) is 5.38. The Morgan fingerprint density at radius 1 is 1.05 bits per heavy atom. The quantitative estimate of drug-likeness (QED) is 0.653. The summed E-state index contributed by atoms with van der Waals surface area (Å²) >= 11 is 0. The van der Waals surface area contributed by atoms with Crippen LogP contribution in [0.1, 0.15) is 34.1 Å². The SMILES string of the molecule is CCCN([CH]O[Si](C)(C)C(C)(C)C)[Si](C)(C)c1ccccc1. The Morgan fingerprint density at radius 2 is 1.59 bits per heavy atom. The van der Waals surface area contributed by atoms with Gasteiger partial charge in [0.1, 0.15) is 6.73 Å². The molecule has 0 fully saturated rings. The van der Waals surface area contributed by atoms with Gasteiger partial charge in [0.2, 0.25) is 0 Å². The second-order valence-corrected chi connectivity index (χ2v) is 17.1. The normalized spacial score (nSPS) is 13.7. The molecule has 0 N–H and O–H groups in total.